The molecule has 1 atom stereocenters. The number of esters is 1. The highest BCUT2D eigenvalue weighted by molar-refractivity contribution is 6.31. The lowest BCUT2D eigenvalue weighted by molar-refractivity contribution is -0.140. The molecule has 0 aliphatic rings. The topological polar surface area (TPSA) is 43.4 Å². The molecule has 22 heavy (non-hydrogen) atoms. The summed E-state index contributed by atoms with van der Waals surface area (Å²) in [6.45, 7) is 1.54. The number of hydrogen-bond acceptors (Lipinski definition) is 3. The van der Waals surface area contributed by atoms with Crippen LogP contribution in [0, 0.1) is 0 Å². The maximum atomic E-state index is 12.1. The van der Waals surface area contributed by atoms with Crippen LogP contribution in [0.2, 0.25) is 5.02 Å². The Kier molecular flexibility index (Phi) is 5.50. The van der Waals surface area contributed by atoms with E-state index in [0.717, 1.165) is 5.56 Å². The van der Waals surface area contributed by atoms with E-state index >= 15 is 0 Å². The number of halogens is 1. The number of carbonyl (C=O) groups excluding carboxylic acids is 2. The molecule has 0 saturated carbocycles. The van der Waals surface area contributed by atoms with Crippen LogP contribution >= 0.6 is 11.6 Å². The van der Waals surface area contributed by atoms with Gasteiger partial charge in [0.05, 0.1) is 0 Å². The van der Waals surface area contributed by atoms with E-state index in [4.69, 9.17) is 16.3 Å². The summed E-state index contributed by atoms with van der Waals surface area (Å²) in [5, 5.41) is 0.466. The van der Waals surface area contributed by atoms with Gasteiger partial charge in [-0.3, -0.25) is 4.79 Å². The van der Waals surface area contributed by atoms with Gasteiger partial charge in [0, 0.05) is 16.7 Å². The van der Waals surface area contributed by atoms with E-state index in [2.05, 4.69) is 0 Å². The Morgan fingerprint density at radius 3 is 2.50 bits per heavy atom. The van der Waals surface area contributed by atoms with E-state index in [9.17, 15) is 9.59 Å². The molecule has 3 nitrogen and oxygen atoms in total. The van der Waals surface area contributed by atoms with Crippen molar-refractivity contribution in [1.29, 1.82) is 0 Å². The summed E-state index contributed by atoms with van der Waals surface area (Å²) in [6.07, 6.45) is 2.07. The summed E-state index contributed by atoms with van der Waals surface area (Å²) in [5.41, 5.74) is 1.30. The molecule has 4 heteroatoms. The molecule has 0 spiro atoms. The van der Waals surface area contributed by atoms with Crippen LogP contribution in [-0.4, -0.2) is 17.9 Å². The van der Waals surface area contributed by atoms with Crippen molar-refractivity contribution in [3.05, 3.63) is 76.8 Å². The molecule has 0 aliphatic heterocycles. The SMILES string of the molecule is CC(OC(=O)C=Cc1ccccc1)C(=O)c1cccc(Cl)c1. The lowest BCUT2D eigenvalue weighted by atomic mass is 10.1. The van der Waals surface area contributed by atoms with Crippen LogP contribution in [0.5, 0.6) is 0 Å². The van der Waals surface area contributed by atoms with Gasteiger partial charge in [-0.25, -0.2) is 4.79 Å². The second kappa shape index (κ2) is 7.57. The van der Waals surface area contributed by atoms with Crippen molar-refractivity contribution in [3.8, 4) is 0 Å². The van der Waals surface area contributed by atoms with Crippen molar-refractivity contribution in [1.82, 2.24) is 0 Å². The van der Waals surface area contributed by atoms with Gasteiger partial charge in [-0.05, 0) is 30.7 Å². The maximum absolute atomic E-state index is 12.1. The zero-order valence-electron chi connectivity index (χ0n) is 12.0. The third kappa shape index (κ3) is 4.57. The number of Topliss-reactive ketones (excluding diaryl/α,β-unsaturated/α-hetero) is 1. The van der Waals surface area contributed by atoms with E-state index in [0.29, 0.717) is 10.6 Å². The molecule has 0 radical (unpaired) electrons. The summed E-state index contributed by atoms with van der Waals surface area (Å²) in [5.74, 6) is -0.851. The molecule has 0 aliphatic carbocycles. The minimum atomic E-state index is -0.869. The van der Waals surface area contributed by atoms with Gasteiger partial charge in [-0.1, -0.05) is 54.1 Å². The average molecular weight is 315 g/mol. The Labute approximate surface area is 134 Å². The van der Waals surface area contributed by atoms with Crippen LogP contribution in [0.3, 0.4) is 0 Å². The van der Waals surface area contributed by atoms with Gasteiger partial charge < -0.3 is 4.74 Å². The van der Waals surface area contributed by atoms with Gasteiger partial charge in [0.15, 0.2) is 6.10 Å². The minimum Gasteiger partial charge on any atom is -0.451 e. The smallest absolute Gasteiger partial charge is 0.331 e. The normalized spacial score (nSPS) is 12.1. The number of benzene rings is 2. The number of ketones is 1. The van der Waals surface area contributed by atoms with Gasteiger partial charge in [0.1, 0.15) is 0 Å². The van der Waals surface area contributed by atoms with Gasteiger partial charge in [-0.2, -0.15) is 0 Å². The third-order valence-electron chi connectivity index (χ3n) is 2.98. The molecular formula is C18H15ClO3. The molecule has 2 aromatic rings. The standard InChI is InChI=1S/C18H15ClO3/c1-13(18(21)15-8-5-9-16(19)12-15)22-17(20)11-10-14-6-3-2-4-7-14/h2-13H,1H3. The third-order valence-corrected chi connectivity index (χ3v) is 3.22. The Balaban J connectivity index is 1.96. The first-order chi connectivity index (χ1) is 10.6. The summed E-state index contributed by atoms with van der Waals surface area (Å²) >= 11 is 5.85. The van der Waals surface area contributed by atoms with Crippen molar-refractivity contribution < 1.29 is 14.3 Å². The first kappa shape index (κ1) is 16.0. The van der Waals surface area contributed by atoms with Crippen LogP contribution in [-0.2, 0) is 9.53 Å². The highest BCUT2D eigenvalue weighted by Gasteiger charge is 2.18. The molecule has 0 amide bonds. The summed E-state index contributed by atoms with van der Waals surface area (Å²) < 4.78 is 5.11. The molecule has 2 rings (SSSR count). The molecule has 0 aromatic heterocycles. The highest BCUT2D eigenvalue weighted by atomic mass is 35.5. The average Bonchev–Trinajstić information content (AvgIpc) is 2.53. The number of hydrogen-bond donors (Lipinski definition) is 0. The maximum Gasteiger partial charge on any atom is 0.331 e. The van der Waals surface area contributed by atoms with Crippen molar-refractivity contribution in [2.75, 3.05) is 0 Å². The molecule has 0 N–H and O–H groups in total. The molecule has 1 unspecified atom stereocenters. The van der Waals surface area contributed by atoms with Crippen molar-refractivity contribution in [2.45, 2.75) is 13.0 Å². The van der Waals surface area contributed by atoms with Crippen molar-refractivity contribution in [3.63, 3.8) is 0 Å². The van der Waals surface area contributed by atoms with Crippen LogP contribution < -0.4 is 0 Å². The zero-order chi connectivity index (χ0) is 15.9. The van der Waals surface area contributed by atoms with Crippen LogP contribution in [0.4, 0.5) is 0 Å². The van der Waals surface area contributed by atoms with Gasteiger partial charge in [-0.15, -0.1) is 0 Å². The van der Waals surface area contributed by atoms with E-state index in [1.807, 2.05) is 30.3 Å². The molecular weight excluding hydrogens is 300 g/mol. The second-order valence-corrected chi connectivity index (χ2v) is 5.13. The molecule has 112 valence electrons. The monoisotopic (exact) mass is 314 g/mol. The summed E-state index contributed by atoms with van der Waals surface area (Å²) in [6, 6.07) is 15.9. The molecule has 0 heterocycles. The first-order valence-electron chi connectivity index (χ1n) is 6.80. The van der Waals surface area contributed by atoms with Crippen molar-refractivity contribution >= 4 is 29.4 Å². The fraction of sp³-hybridized carbons (Fsp3) is 0.111. The number of ether oxygens (including phenoxy) is 1. The van der Waals surface area contributed by atoms with Crippen LogP contribution in [0.25, 0.3) is 6.08 Å². The fourth-order valence-electron chi connectivity index (χ4n) is 1.87. The number of carbonyl (C=O) groups is 2. The predicted octanol–water partition coefficient (Wildman–Crippen LogP) is 4.17. The summed E-state index contributed by atoms with van der Waals surface area (Å²) in [4.78, 5) is 23.9. The molecule has 0 fully saturated rings. The van der Waals surface area contributed by atoms with Crippen LogP contribution in [0.1, 0.15) is 22.8 Å². The van der Waals surface area contributed by atoms with E-state index < -0.39 is 12.1 Å². The van der Waals surface area contributed by atoms with Gasteiger partial charge in [0.2, 0.25) is 5.78 Å². The van der Waals surface area contributed by atoms with Gasteiger partial charge in [0.25, 0.3) is 0 Å². The van der Waals surface area contributed by atoms with E-state index in [1.54, 1.807) is 30.3 Å². The molecule has 2 aromatic carbocycles. The largest absolute Gasteiger partial charge is 0.451 e. The number of rotatable bonds is 5. The Morgan fingerprint density at radius 2 is 1.82 bits per heavy atom. The Morgan fingerprint density at radius 1 is 1.09 bits per heavy atom. The predicted molar refractivity (Wildman–Crippen MR) is 86.8 cm³/mol. The molecule has 0 saturated heterocycles. The van der Waals surface area contributed by atoms with Crippen molar-refractivity contribution in [2.24, 2.45) is 0 Å². The lowest BCUT2D eigenvalue weighted by Gasteiger charge is -2.11. The zero-order valence-corrected chi connectivity index (χ0v) is 12.8. The molecule has 0 bridgehead atoms. The Bertz CT molecular complexity index is 692. The van der Waals surface area contributed by atoms with E-state index in [1.165, 1.54) is 13.0 Å². The van der Waals surface area contributed by atoms with E-state index in [-0.39, 0.29) is 5.78 Å². The second-order valence-electron chi connectivity index (χ2n) is 4.70. The first-order valence-corrected chi connectivity index (χ1v) is 7.17. The quantitative estimate of drug-likeness (QED) is 0.472. The Hall–Kier alpha value is -2.39. The summed E-state index contributed by atoms with van der Waals surface area (Å²) in [7, 11) is 0. The van der Waals surface area contributed by atoms with Crippen LogP contribution in [0.15, 0.2) is 60.7 Å². The highest BCUT2D eigenvalue weighted by Crippen LogP contribution is 2.13. The van der Waals surface area contributed by atoms with Gasteiger partial charge >= 0.3 is 5.97 Å². The fourth-order valence-corrected chi connectivity index (χ4v) is 2.06. The minimum absolute atomic E-state index is 0.288. The lowest BCUT2D eigenvalue weighted by Crippen LogP contribution is -2.23.